The minimum atomic E-state index is -1.14. The molecule has 1 aliphatic heterocycles. The van der Waals surface area contributed by atoms with Gasteiger partial charge in [0.2, 0.25) is 5.01 Å². The third-order valence-electron chi connectivity index (χ3n) is 3.18. The van der Waals surface area contributed by atoms with Gasteiger partial charge in [0.25, 0.3) is 5.91 Å². The molecule has 2 heterocycles. The first kappa shape index (κ1) is 15.3. The second kappa shape index (κ2) is 6.66. The Morgan fingerprint density at radius 3 is 2.78 bits per heavy atom. The molecular weight excluding hydrogens is 320 g/mol. The van der Waals surface area contributed by atoms with Crippen molar-refractivity contribution in [2.75, 3.05) is 13.2 Å². The van der Waals surface area contributed by atoms with Crippen LogP contribution in [0.1, 0.15) is 32.3 Å². The van der Waals surface area contributed by atoms with Gasteiger partial charge in [-0.2, -0.15) is 0 Å². The van der Waals surface area contributed by atoms with Crippen LogP contribution in [0.5, 0.6) is 11.5 Å². The van der Waals surface area contributed by atoms with Gasteiger partial charge in [-0.3, -0.25) is 4.79 Å². The number of hydrogen-bond acceptors (Lipinski definition) is 6. The number of fused-ring (bicyclic) bond motifs is 1. The maximum absolute atomic E-state index is 12.0. The van der Waals surface area contributed by atoms with Gasteiger partial charge in [0.1, 0.15) is 5.69 Å². The molecule has 2 aromatic rings. The first-order chi connectivity index (χ1) is 11.1. The van der Waals surface area contributed by atoms with Crippen LogP contribution in [0.2, 0.25) is 0 Å². The summed E-state index contributed by atoms with van der Waals surface area (Å²) in [6, 6.07) is 5.48. The quantitative estimate of drug-likeness (QED) is 0.887. The minimum Gasteiger partial charge on any atom is -0.490 e. The smallest absolute Gasteiger partial charge is 0.365 e. The number of aromatic carboxylic acids is 1. The number of carboxylic acid groups (broad SMARTS) is 1. The fourth-order valence-electron chi connectivity index (χ4n) is 2.07. The molecule has 0 radical (unpaired) electrons. The number of thiazole rings is 1. The lowest BCUT2D eigenvalue weighted by atomic mass is 10.2. The Kier molecular flexibility index (Phi) is 4.42. The van der Waals surface area contributed by atoms with Gasteiger partial charge in [0.15, 0.2) is 11.5 Å². The predicted octanol–water partition coefficient (Wildman–Crippen LogP) is 1.93. The summed E-state index contributed by atoms with van der Waals surface area (Å²) < 4.78 is 11.1. The van der Waals surface area contributed by atoms with Crippen LogP contribution in [0.4, 0.5) is 0 Å². The zero-order valence-corrected chi connectivity index (χ0v) is 12.9. The fourth-order valence-corrected chi connectivity index (χ4v) is 2.70. The molecule has 120 valence electrons. The number of benzene rings is 1. The number of hydrogen-bond donors (Lipinski definition) is 2. The molecule has 0 bridgehead atoms. The third-order valence-corrected chi connectivity index (χ3v) is 4.02. The molecule has 3 rings (SSSR count). The topological polar surface area (TPSA) is 97.8 Å². The maximum atomic E-state index is 12.0. The number of carboxylic acids is 1. The fraction of sp³-hybridized carbons (Fsp3) is 0.267. The van der Waals surface area contributed by atoms with Crippen molar-refractivity contribution in [1.29, 1.82) is 0 Å². The summed E-state index contributed by atoms with van der Waals surface area (Å²) in [5, 5.41) is 12.8. The van der Waals surface area contributed by atoms with Crippen LogP contribution >= 0.6 is 11.3 Å². The summed E-state index contributed by atoms with van der Waals surface area (Å²) in [5.41, 5.74) is 0.957. The second-order valence-electron chi connectivity index (χ2n) is 4.86. The molecule has 1 amide bonds. The van der Waals surface area contributed by atoms with E-state index in [9.17, 15) is 9.59 Å². The van der Waals surface area contributed by atoms with Crippen molar-refractivity contribution in [1.82, 2.24) is 10.3 Å². The van der Waals surface area contributed by atoms with E-state index >= 15 is 0 Å². The van der Waals surface area contributed by atoms with Crippen LogP contribution in [-0.4, -0.2) is 35.2 Å². The molecule has 0 fully saturated rings. The summed E-state index contributed by atoms with van der Waals surface area (Å²) in [5.74, 6) is -0.197. The standard InChI is InChI=1S/C15H14N2O5S/c18-13(10-8-23-14(17-10)15(19)20)16-7-9-2-3-11-12(6-9)22-5-1-4-21-11/h2-3,6,8H,1,4-5,7H2,(H,16,18)(H,19,20). The molecule has 7 nitrogen and oxygen atoms in total. The van der Waals surface area contributed by atoms with Crippen LogP contribution in [-0.2, 0) is 6.54 Å². The van der Waals surface area contributed by atoms with Crippen LogP contribution in [0.15, 0.2) is 23.6 Å². The maximum Gasteiger partial charge on any atom is 0.365 e. The molecule has 8 heteroatoms. The zero-order chi connectivity index (χ0) is 16.2. The number of nitrogens with zero attached hydrogens (tertiary/aromatic N) is 1. The number of ether oxygens (including phenoxy) is 2. The largest absolute Gasteiger partial charge is 0.490 e. The molecule has 23 heavy (non-hydrogen) atoms. The number of nitrogens with one attached hydrogen (secondary N) is 1. The molecular formula is C15H14N2O5S. The molecule has 1 aliphatic rings. The normalized spacial score (nSPS) is 13.2. The van der Waals surface area contributed by atoms with Crippen molar-refractivity contribution in [3.8, 4) is 11.5 Å². The summed E-state index contributed by atoms with van der Waals surface area (Å²) in [7, 11) is 0. The van der Waals surface area contributed by atoms with Crippen molar-refractivity contribution in [3.63, 3.8) is 0 Å². The second-order valence-corrected chi connectivity index (χ2v) is 5.72. The summed E-state index contributed by atoms with van der Waals surface area (Å²) in [6.45, 7) is 1.51. The first-order valence-corrected chi connectivity index (χ1v) is 7.87. The molecule has 0 atom stereocenters. The van der Waals surface area contributed by atoms with Gasteiger partial charge in [-0.1, -0.05) is 6.07 Å². The molecule has 1 aromatic heterocycles. The molecule has 1 aromatic carbocycles. The zero-order valence-electron chi connectivity index (χ0n) is 12.1. The molecule has 0 saturated heterocycles. The number of aromatic nitrogens is 1. The van der Waals surface area contributed by atoms with E-state index in [2.05, 4.69) is 10.3 Å². The molecule has 0 aliphatic carbocycles. The van der Waals surface area contributed by atoms with E-state index in [1.807, 2.05) is 18.2 Å². The van der Waals surface area contributed by atoms with E-state index < -0.39 is 11.9 Å². The monoisotopic (exact) mass is 334 g/mol. The Hall–Kier alpha value is -2.61. The van der Waals surface area contributed by atoms with Gasteiger partial charge in [0, 0.05) is 18.3 Å². The lowest BCUT2D eigenvalue weighted by molar-refractivity contribution is 0.0696. The lowest BCUT2D eigenvalue weighted by Crippen LogP contribution is -2.23. The molecule has 2 N–H and O–H groups in total. The van der Waals surface area contributed by atoms with E-state index in [4.69, 9.17) is 14.6 Å². The molecule has 0 saturated carbocycles. The van der Waals surface area contributed by atoms with Crippen molar-refractivity contribution in [2.24, 2.45) is 0 Å². The summed E-state index contributed by atoms with van der Waals surface area (Å²) in [4.78, 5) is 26.5. The first-order valence-electron chi connectivity index (χ1n) is 6.99. The Morgan fingerprint density at radius 2 is 2.04 bits per heavy atom. The highest BCUT2D eigenvalue weighted by molar-refractivity contribution is 7.11. The van der Waals surface area contributed by atoms with E-state index in [0.29, 0.717) is 24.7 Å². The van der Waals surface area contributed by atoms with Gasteiger partial charge in [-0.05, 0) is 17.7 Å². The van der Waals surface area contributed by atoms with Crippen molar-refractivity contribution in [2.45, 2.75) is 13.0 Å². The van der Waals surface area contributed by atoms with Crippen molar-refractivity contribution < 1.29 is 24.2 Å². The number of carbonyl (C=O) groups excluding carboxylic acids is 1. The van der Waals surface area contributed by atoms with Crippen molar-refractivity contribution >= 4 is 23.2 Å². The number of rotatable bonds is 4. The average molecular weight is 334 g/mol. The van der Waals surface area contributed by atoms with E-state index in [1.54, 1.807) is 0 Å². The molecule has 0 unspecified atom stereocenters. The van der Waals surface area contributed by atoms with E-state index in [0.717, 1.165) is 23.3 Å². The highest BCUT2D eigenvalue weighted by Gasteiger charge is 2.15. The van der Waals surface area contributed by atoms with E-state index in [1.165, 1.54) is 5.38 Å². The van der Waals surface area contributed by atoms with Gasteiger partial charge in [-0.15, -0.1) is 11.3 Å². The van der Waals surface area contributed by atoms with Gasteiger partial charge in [0.05, 0.1) is 13.2 Å². The summed E-state index contributed by atoms with van der Waals surface area (Å²) >= 11 is 0.921. The van der Waals surface area contributed by atoms with Gasteiger partial charge in [-0.25, -0.2) is 9.78 Å². The van der Waals surface area contributed by atoms with Crippen LogP contribution in [0.25, 0.3) is 0 Å². The number of carbonyl (C=O) groups is 2. The molecule has 0 spiro atoms. The Morgan fingerprint density at radius 1 is 1.26 bits per heavy atom. The Bertz CT molecular complexity index is 743. The highest BCUT2D eigenvalue weighted by atomic mass is 32.1. The minimum absolute atomic E-state index is 0.0988. The van der Waals surface area contributed by atoms with Crippen LogP contribution < -0.4 is 14.8 Å². The van der Waals surface area contributed by atoms with E-state index in [-0.39, 0.29) is 17.2 Å². The SMILES string of the molecule is O=C(NCc1ccc2c(c1)OCCCO2)c1csc(C(=O)O)n1. The van der Waals surface area contributed by atoms with Crippen LogP contribution in [0.3, 0.4) is 0 Å². The lowest BCUT2D eigenvalue weighted by Gasteiger charge is -2.09. The average Bonchev–Trinajstić information content (AvgIpc) is 2.93. The van der Waals surface area contributed by atoms with Crippen LogP contribution in [0, 0.1) is 0 Å². The highest BCUT2D eigenvalue weighted by Crippen LogP contribution is 2.30. The number of amides is 1. The van der Waals surface area contributed by atoms with Crippen molar-refractivity contribution in [3.05, 3.63) is 39.8 Å². The van der Waals surface area contributed by atoms with Gasteiger partial charge < -0.3 is 19.9 Å². The Labute approximate surface area is 135 Å². The summed E-state index contributed by atoms with van der Waals surface area (Å²) in [6.07, 6.45) is 0.830. The van der Waals surface area contributed by atoms with Gasteiger partial charge >= 0.3 is 5.97 Å². The third kappa shape index (κ3) is 3.59. The predicted molar refractivity (Wildman–Crippen MR) is 82.3 cm³/mol. The Balaban J connectivity index is 1.64.